The fourth-order valence-electron chi connectivity index (χ4n) is 2.85. The number of H-pyrrole nitrogens is 1. The van der Waals surface area contributed by atoms with E-state index in [9.17, 15) is 13.5 Å². The summed E-state index contributed by atoms with van der Waals surface area (Å²) in [6.45, 7) is 3.25. The number of nitrogens with zero attached hydrogens (tertiary/aromatic N) is 4. The van der Waals surface area contributed by atoms with Crippen LogP contribution in [0.25, 0.3) is 23.0 Å². The van der Waals surface area contributed by atoms with Crippen LogP contribution in [0.5, 0.6) is 17.4 Å². The predicted octanol–water partition coefficient (Wildman–Crippen LogP) is 2.79. The number of hydrogen-bond acceptors (Lipinski definition) is 10. The smallest absolute Gasteiger partial charge is 0.264 e. The molecule has 0 unspecified atom stereocenters. The summed E-state index contributed by atoms with van der Waals surface area (Å²) in [6.07, 6.45) is 1.92. The van der Waals surface area contributed by atoms with Crippen LogP contribution < -0.4 is 9.47 Å². The standard InChI is InChI=1S/C21H21N5O6S/c1-12(11-27)30-15-8-18(16-5-6-17(23-16)21-26-25-13(2)31-21)24-19(9-15)32-14-4-7-20(22-10-14)33(3,28)29/h4-10,12,23,27H,11H2,1-3H3/t12-/m0/s1. The van der Waals surface area contributed by atoms with Crippen LogP contribution in [0.15, 0.2) is 52.0 Å². The van der Waals surface area contributed by atoms with Crippen molar-refractivity contribution in [2.24, 2.45) is 0 Å². The molecule has 4 aromatic heterocycles. The van der Waals surface area contributed by atoms with Crippen LogP contribution in [0.2, 0.25) is 0 Å². The first-order valence-electron chi connectivity index (χ1n) is 9.84. The summed E-state index contributed by atoms with van der Waals surface area (Å²) < 4.78 is 40.2. The van der Waals surface area contributed by atoms with Gasteiger partial charge in [-0.15, -0.1) is 10.2 Å². The third kappa shape index (κ3) is 5.35. The molecule has 0 aliphatic heterocycles. The SMILES string of the molecule is Cc1nnc(-c2ccc(-c3cc(O[C@@H](C)CO)cc(Oc4ccc(S(C)(=O)=O)nc4)n3)[nH]2)o1. The molecule has 2 N–H and O–H groups in total. The van der Waals surface area contributed by atoms with E-state index in [1.54, 1.807) is 38.1 Å². The van der Waals surface area contributed by atoms with Crippen LogP contribution in [0.4, 0.5) is 0 Å². The van der Waals surface area contributed by atoms with Gasteiger partial charge in [-0.05, 0) is 31.2 Å². The number of nitrogens with one attached hydrogen (secondary N) is 1. The molecule has 1 atom stereocenters. The van der Waals surface area contributed by atoms with Gasteiger partial charge in [-0.1, -0.05) is 0 Å². The average molecular weight is 471 g/mol. The lowest BCUT2D eigenvalue weighted by molar-refractivity contribution is 0.129. The molecule has 0 radical (unpaired) electrons. The first-order valence-corrected chi connectivity index (χ1v) is 11.7. The Hall–Kier alpha value is -3.77. The molecule has 0 aliphatic carbocycles. The Labute approximate surface area is 189 Å². The van der Waals surface area contributed by atoms with Gasteiger partial charge in [0.15, 0.2) is 14.9 Å². The van der Waals surface area contributed by atoms with Crippen molar-refractivity contribution in [3.63, 3.8) is 0 Å². The largest absolute Gasteiger partial charge is 0.488 e. The van der Waals surface area contributed by atoms with E-state index in [0.717, 1.165) is 6.26 Å². The van der Waals surface area contributed by atoms with E-state index in [1.165, 1.54) is 18.3 Å². The second-order valence-electron chi connectivity index (χ2n) is 7.26. The van der Waals surface area contributed by atoms with Crippen molar-refractivity contribution in [1.29, 1.82) is 0 Å². The van der Waals surface area contributed by atoms with Crippen LogP contribution in [0, 0.1) is 6.92 Å². The molecule has 0 amide bonds. The first-order chi connectivity index (χ1) is 15.7. The fourth-order valence-corrected chi connectivity index (χ4v) is 3.41. The lowest BCUT2D eigenvalue weighted by Gasteiger charge is -2.14. The molecule has 0 aliphatic rings. The highest BCUT2D eigenvalue weighted by molar-refractivity contribution is 7.90. The van der Waals surface area contributed by atoms with Gasteiger partial charge in [-0.25, -0.2) is 18.4 Å². The van der Waals surface area contributed by atoms with E-state index in [-0.39, 0.29) is 17.5 Å². The van der Waals surface area contributed by atoms with Crippen molar-refractivity contribution < 1.29 is 27.4 Å². The summed E-state index contributed by atoms with van der Waals surface area (Å²) in [5, 5.41) is 17.1. The van der Waals surface area contributed by atoms with Crippen molar-refractivity contribution in [2.75, 3.05) is 12.9 Å². The third-order valence-corrected chi connectivity index (χ3v) is 5.40. The second kappa shape index (κ2) is 9.00. The number of aliphatic hydroxyl groups is 1. The quantitative estimate of drug-likeness (QED) is 0.392. The molecule has 0 saturated heterocycles. The number of aliphatic hydroxyl groups excluding tert-OH is 1. The molecule has 11 nitrogen and oxygen atoms in total. The molecule has 4 rings (SSSR count). The highest BCUT2D eigenvalue weighted by Crippen LogP contribution is 2.31. The van der Waals surface area contributed by atoms with Crippen molar-refractivity contribution in [3.05, 3.63) is 48.5 Å². The fraction of sp³-hybridized carbons (Fsp3) is 0.238. The lowest BCUT2D eigenvalue weighted by atomic mass is 10.2. The van der Waals surface area contributed by atoms with Gasteiger partial charge < -0.3 is 24.0 Å². The molecule has 4 heterocycles. The summed E-state index contributed by atoms with van der Waals surface area (Å²) in [5.74, 6) is 1.68. The van der Waals surface area contributed by atoms with Gasteiger partial charge in [0.25, 0.3) is 5.89 Å². The maximum absolute atomic E-state index is 11.6. The number of pyridine rings is 2. The molecule has 0 bridgehead atoms. The zero-order valence-electron chi connectivity index (χ0n) is 18.0. The van der Waals surface area contributed by atoms with Gasteiger partial charge in [0.2, 0.25) is 11.8 Å². The van der Waals surface area contributed by atoms with Crippen molar-refractivity contribution in [1.82, 2.24) is 25.1 Å². The average Bonchev–Trinajstić information content (AvgIpc) is 3.42. The van der Waals surface area contributed by atoms with E-state index in [2.05, 4.69) is 25.1 Å². The van der Waals surface area contributed by atoms with Gasteiger partial charge in [0.1, 0.15) is 23.3 Å². The minimum Gasteiger partial charge on any atom is -0.488 e. The van der Waals surface area contributed by atoms with Crippen LogP contribution in [-0.2, 0) is 9.84 Å². The van der Waals surface area contributed by atoms with E-state index in [4.69, 9.17) is 13.9 Å². The molecule has 0 spiro atoms. The number of aryl methyl sites for hydroxylation is 1. The molecule has 0 saturated carbocycles. The number of aromatic amines is 1. The molecule has 0 aromatic carbocycles. The number of ether oxygens (including phenoxy) is 2. The maximum Gasteiger partial charge on any atom is 0.264 e. The third-order valence-electron chi connectivity index (χ3n) is 4.40. The summed E-state index contributed by atoms with van der Waals surface area (Å²) in [4.78, 5) is 11.6. The predicted molar refractivity (Wildman–Crippen MR) is 117 cm³/mol. The van der Waals surface area contributed by atoms with Gasteiger partial charge in [-0.2, -0.15) is 0 Å². The zero-order chi connectivity index (χ0) is 23.6. The Morgan fingerprint density at radius 2 is 1.91 bits per heavy atom. The Kier molecular flexibility index (Phi) is 6.11. The monoisotopic (exact) mass is 471 g/mol. The summed E-state index contributed by atoms with van der Waals surface area (Å²) in [7, 11) is -3.42. The normalized spacial score (nSPS) is 12.5. The number of hydrogen-bond donors (Lipinski definition) is 2. The van der Waals surface area contributed by atoms with Gasteiger partial charge in [0, 0.05) is 25.3 Å². The highest BCUT2D eigenvalue weighted by atomic mass is 32.2. The molecule has 172 valence electrons. The van der Waals surface area contributed by atoms with Gasteiger partial charge >= 0.3 is 0 Å². The molecular weight excluding hydrogens is 450 g/mol. The zero-order valence-corrected chi connectivity index (χ0v) is 18.8. The number of aromatic nitrogens is 5. The number of rotatable bonds is 8. The Morgan fingerprint density at radius 3 is 2.55 bits per heavy atom. The Bertz CT molecular complexity index is 1360. The van der Waals surface area contributed by atoms with Gasteiger partial charge in [0.05, 0.1) is 24.2 Å². The van der Waals surface area contributed by atoms with Crippen molar-refractivity contribution in [2.45, 2.75) is 25.0 Å². The lowest BCUT2D eigenvalue weighted by Crippen LogP contribution is -2.16. The minimum atomic E-state index is -3.42. The topological polar surface area (TPSA) is 153 Å². The Morgan fingerprint density at radius 1 is 1.12 bits per heavy atom. The highest BCUT2D eigenvalue weighted by Gasteiger charge is 2.15. The molecule has 0 fully saturated rings. The molecule has 12 heteroatoms. The van der Waals surface area contributed by atoms with E-state index >= 15 is 0 Å². The van der Waals surface area contributed by atoms with Crippen molar-refractivity contribution >= 4 is 9.84 Å². The van der Waals surface area contributed by atoms with E-state index < -0.39 is 15.9 Å². The molecule has 33 heavy (non-hydrogen) atoms. The van der Waals surface area contributed by atoms with E-state index in [1.807, 2.05) is 0 Å². The Balaban J connectivity index is 1.67. The van der Waals surface area contributed by atoms with Crippen LogP contribution in [-0.4, -0.2) is 57.6 Å². The molecule has 4 aromatic rings. The summed E-state index contributed by atoms with van der Waals surface area (Å²) in [5.41, 5.74) is 1.75. The number of sulfone groups is 1. The minimum absolute atomic E-state index is 0.0625. The summed E-state index contributed by atoms with van der Waals surface area (Å²) in [6, 6.07) is 9.66. The van der Waals surface area contributed by atoms with Crippen molar-refractivity contribution in [3.8, 4) is 40.4 Å². The second-order valence-corrected chi connectivity index (χ2v) is 9.22. The first kappa shape index (κ1) is 22.4. The van der Waals surface area contributed by atoms with Crippen LogP contribution in [0.1, 0.15) is 12.8 Å². The van der Waals surface area contributed by atoms with E-state index in [0.29, 0.717) is 40.4 Å². The molecular formula is C21H21N5O6S. The van der Waals surface area contributed by atoms with Crippen LogP contribution >= 0.6 is 0 Å². The maximum atomic E-state index is 11.6. The summed E-state index contributed by atoms with van der Waals surface area (Å²) >= 11 is 0. The van der Waals surface area contributed by atoms with Crippen LogP contribution in [0.3, 0.4) is 0 Å². The van der Waals surface area contributed by atoms with Gasteiger partial charge in [-0.3, -0.25) is 0 Å².